The van der Waals surface area contributed by atoms with Crippen molar-refractivity contribution in [2.75, 3.05) is 0 Å². The molecule has 0 unspecified atom stereocenters. The summed E-state index contributed by atoms with van der Waals surface area (Å²) in [5.74, 6) is -2.90. The second-order valence-corrected chi connectivity index (χ2v) is 7.16. The number of nitrogens with zero attached hydrogens (tertiary/aromatic N) is 1. The van der Waals surface area contributed by atoms with Gasteiger partial charge in [0.2, 0.25) is 5.43 Å². The Bertz CT molecular complexity index is 1210. The summed E-state index contributed by atoms with van der Waals surface area (Å²) in [6.07, 6.45) is 0. The number of carboxylic acid groups (broad SMARTS) is 1. The van der Waals surface area contributed by atoms with E-state index in [9.17, 15) is 23.5 Å². The number of carbonyl (C=O) groups is 1. The molecule has 3 aromatic rings. The maximum absolute atomic E-state index is 14.5. The van der Waals surface area contributed by atoms with Crippen LogP contribution in [0.1, 0.15) is 23.0 Å². The number of pyridine rings is 1. The van der Waals surface area contributed by atoms with Gasteiger partial charge in [0, 0.05) is 28.4 Å². The first-order valence-corrected chi connectivity index (χ1v) is 9.34. The number of hydrogen-bond donors (Lipinski definition) is 1. The van der Waals surface area contributed by atoms with Gasteiger partial charge < -0.3 is 9.67 Å². The second kappa shape index (κ2) is 7.97. The van der Waals surface area contributed by atoms with Crippen molar-refractivity contribution in [2.24, 2.45) is 0 Å². The van der Waals surface area contributed by atoms with Crippen LogP contribution in [-0.4, -0.2) is 15.6 Å². The largest absolute Gasteiger partial charge is 0.477 e. The molecule has 1 aromatic heterocycles. The third-order valence-corrected chi connectivity index (χ3v) is 5.18. The molecule has 0 radical (unpaired) electrons. The Labute approximate surface area is 174 Å². The molecule has 0 bridgehead atoms. The number of hydrogen-bond acceptors (Lipinski definition) is 2. The summed E-state index contributed by atoms with van der Waals surface area (Å²) in [7, 11) is 0. The summed E-state index contributed by atoms with van der Waals surface area (Å²) >= 11 is 11.7. The predicted molar refractivity (Wildman–Crippen MR) is 109 cm³/mol. The van der Waals surface area contributed by atoms with Gasteiger partial charge >= 0.3 is 5.97 Å². The lowest BCUT2D eigenvalue weighted by Crippen LogP contribution is -2.25. The van der Waals surface area contributed by atoms with Gasteiger partial charge in [-0.3, -0.25) is 4.79 Å². The molecule has 1 heterocycles. The van der Waals surface area contributed by atoms with E-state index in [-0.39, 0.29) is 39.0 Å². The van der Waals surface area contributed by atoms with Gasteiger partial charge in [-0.05, 0) is 50.2 Å². The van der Waals surface area contributed by atoms with E-state index in [1.165, 1.54) is 24.3 Å². The van der Waals surface area contributed by atoms with E-state index < -0.39 is 28.6 Å². The summed E-state index contributed by atoms with van der Waals surface area (Å²) < 4.78 is 29.7. The first kappa shape index (κ1) is 21.0. The number of aromatic carboxylic acids is 1. The number of carboxylic acids is 1. The van der Waals surface area contributed by atoms with Crippen LogP contribution in [-0.2, 0) is 6.54 Å². The zero-order chi connectivity index (χ0) is 21.5. The number of halogens is 4. The third kappa shape index (κ3) is 3.66. The second-order valence-electron chi connectivity index (χ2n) is 6.32. The van der Waals surface area contributed by atoms with Gasteiger partial charge in [0.1, 0.15) is 17.2 Å². The Kier molecular flexibility index (Phi) is 5.78. The first-order chi connectivity index (χ1) is 13.7. The van der Waals surface area contributed by atoms with Gasteiger partial charge in [0.15, 0.2) is 0 Å². The fourth-order valence-corrected chi connectivity index (χ4v) is 3.72. The Morgan fingerprint density at radius 1 is 1.10 bits per heavy atom. The van der Waals surface area contributed by atoms with Crippen molar-refractivity contribution in [2.45, 2.75) is 20.4 Å². The van der Waals surface area contributed by atoms with Crippen LogP contribution in [0.15, 0.2) is 41.2 Å². The van der Waals surface area contributed by atoms with Crippen molar-refractivity contribution in [3.05, 3.63) is 79.6 Å². The summed E-state index contributed by atoms with van der Waals surface area (Å²) in [6.45, 7) is 3.62. The lowest BCUT2D eigenvalue weighted by molar-refractivity contribution is 0.0695. The molecule has 0 aliphatic heterocycles. The molecule has 2 aromatic carbocycles. The molecule has 3 rings (SSSR count). The van der Waals surface area contributed by atoms with E-state index in [0.29, 0.717) is 5.69 Å². The average Bonchev–Trinajstić information content (AvgIpc) is 2.65. The van der Waals surface area contributed by atoms with Gasteiger partial charge in [-0.25, -0.2) is 13.6 Å². The fraction of sp³-hybridized carbons (Fsp3) is 0.143. The van der Waals surface area contributed by atoms with Gasteiger partial charge in [-0.15, -0.1) is 0 Å². The van der Waals surface area contributed by atoms with Crippen molar-refractivity contribution in [3.63, 3.8) is 0 Å². The Hall–Kier alpha value is -2.70. The molecular weight excluding hydrogens is 423 g/mol. The van der Waals surface area contributed by atoms with Crippen molar-refractivity contribution in [3.8, 4) is 22.4 Å². The van der Waals surface area contributed by atoms with Crippen LogP contribution in [0.25, 0.3) is 22.4 Å². The molecule has 0 saturated heterocycles. The predicted octanol–water partition coefficient (Wildman–Crippen LogP) is 5.79. The van der Waals surface area contributed by atoms with Crippen molar-refractivity contribution in [1.82, 2.24) is 4.57 Å². The van der Waals surface area contributed by atoms with E-state index in [1.54, 1.807) is 18.4 Å². The maximum atomic E-state index is 14.5. The molecule has 0 fully saturated rings. The molecule has 0 amide bonds. The number of aromatic nitrogens is 1. The Morgan fingerprint density at radius 2 is 1.79 bits per heavy atom. The van der Waals surface area contributed by atoms with Gasteiger partial charge in [-0.2, -0.15) is 0 Å². The third-order valence-electron chi connectivity index (χ3n) is 4.65. The molecule has 150 valence electrons. The van der Waals surface area contributed by atoms with E-state index >= 15 is 0 Å². The topological polar surface area (TPSA) is 59.3 Å². The number of benzene rings is 2. The van der Waals surface area contributed by atoms with E-state index in [2.05, 4.69) is 0 Å². The molecule has 1 N–H and O–H groups in total. The SMILES string of the molecule is CCn1c(C)c(-c2ccc(Cl)cc2F)c(=O)c(C(=O)O)c1-c1ccc(F)c(Cl)c1. The molecule has 8 heteroatoms. The molecule has 0 atom stereocenters. The zero-order valence-electron chi connectivity index (χ0n) is 15.4. The highest BCUT2D eigenvalue weighted by Gasteiger charge is 2.27. The summed E-state index contributed by atoms with van der Waals surface area (Å²) in [4.78, 5) is 25.2. The highest BCUT2D eigenvalue weighted by Crippen LogP contribution is 2.32. The molecular formula is C21H15Cl2F2NO3. The first-order valence-electron chi connectivity index (χ1n) is 8.58. The quantitative estimate of drug-likeness (QED) is 0.561. The summed E-state index contributed by atoms with van der Waals surface area (Å²) in [6, 6.07) is 7.50. The highest BCUT2D eigenvalue weighted by atomic mass is 35.5. The lowest BCUT2D eigenvalue weighted by atomic mass is 9.96. The van der Waals surface area contributed by atoms with Crippen LogP contribution in [0.5, 0.6) is 0 Å². The van der Waals surface area contributed by atoms with Crippen LogP contribution in [0.2, 0.25) is 10.0 Å². The summed E-state index contributed by atoms with van der Waals surface area (Å²) in [5, 5.41) is 9.73. The Morgan fingerprint density at radius 3 is 2.34 bits per heavy atom. The Balaban J connectivity index is 2.47. The fourth-order valence-electron chi connectivity index (χ4n) is 3.38. The smallest absolute Gasteiger partial charge is 0.341 e. The van der Waals surface area contributed by atoms with Gasteiger partial charge in [0.25, 0.3) is 0 Å². The van der Waals surface area contributed by atoms with Crippen LogP contribution in [0, 0.1) is 18.6 Å². The maximum Gasteiger partial charge on any atom is 0.341 e. The van der Waals surface area contributed by atoms with Crippen molar-refractivity contribution < 1.29 is 18.7 Å². The standard InChI is InChI=1S/C21H15Cl2F2NO3/c1-3-26-10(2)17(13-6-5-12(22)9-16(13)25)20(27)18(21(28)29)19(26)11-4-7-15(24)14(23)8-11/h4-9H,3H2,1-2H3,(H,28,29). The van der Waals surface area contributed by atoms with Gasteiger partial charge in [0.05, 0.1) is 16.3 Å². The van der Waals surface area contributed by atoms with Crippen LogP contribution in [0.4, 0.5) is 8.78 Å². The zero-order valence-corrected chi connectivity index (χ0v) is 16.9. The minimum absolute atomic E-state index is 0.0507. The molecule has 29 heavy (non-hydrogen) atoms. The van der Waals surface area contributed by atoms with Crippen LogP contribution >= 0.6 is 23.2 Å². The van der Waals surface area contributed by atoms with E-state index in [4.69, 9.17) is 23.2 Å². The van der Waals surface area contributed by atoms with Crippen molar-refractivity contribution in [1.29, 1.82) is 0 Å². The molecule has 0 aliphatic carbocycles. The minimum Gasteiger partial charge on any atom is -0.477 e. The highest BCUT2D eigenvalue weighted by molar-refractivity contribution is 6.31. The van der Waals surface area contributed by atoms with Gasteiger partial charge in [-0.1, -0.05) is 23.2 Å². The molecule has 4 nitrogen and oxygen atoms in total. The van der Waals surface area contributed by atoms with Crippen molar-refractivity contribution >= 4 is 29.2 Å². The van der Waals surface area contributed by atoms with E-state index in [0.717, 1.165) is 12.1 Å². The molecule has 0 spiro atoms. The molecule has 0 aliphatic rings. The minimum atomic E-state index is -1.48. The average molecular weight is 438 g/mol. The molecule has 0 saturated carbocycles. The number of rotatable bonds is 4. The van der Waals surface area contributed by atoms with Crippen LogP contribution < -0.4 is 5.43 Å². The monoisotopic (exact) mass is 437 g/mol. The summed E-state index contributed by atoms with van der Waals surface area (Å²) in [5.41, 5.74) is -0.831. The van der Waals surface area contributed by atoms with E-state index in [1.807, 2.05) is 0 Å². The lowest BCUT2D eigenvalue weighted by Gasteiger charge is -2.21. The normalized spacial score (nSPS) is 11.0. The van der Waals surface area contributed by atoms with Crippen LogP contribution in [0.3, 0.4) is 0 Å².